The summed E-state index contributed by atoms with van der Waals surface area (Å²) in [7, 11) is 0. The molecule has 31 heavy (non-hydrogen) atoms. The van der Waals surface area contributed by atoms with Crippen molar-refractivity contribution < 1.29 is 4.79 Å². The minimum absolute atomic E-state index is 0.0525. The summed E-state index contributed by atoms with van der Waals surface area (Å²) in [4.78, 5) is 33.1. The molecule has 2 aliphatic heterocycles. The number of amides is 1. The van der Waals surface area contributed by atoms with Gasteiger partial charge in [-0.1, -0.05) is 12.1 Å². The summed E-state index contributed by atoms with van der Waals surface area (Å²) < 4.78 is 1.57. The largest absolute Gasteiger partial charge is 0.354 e. The first-order chi connectivity index (χ1) is 14.8. The van der Waals surface area contributed by atoms with Crippen LogP contribution in [0.5, 0.6) is 0 Å². The number of anilines is 1. The molecule has 2 fully saturated rings. The minimum Gasteiger partial charge on any atom is -0.353 e. The molecule has 0 bridgehead atoms. The van der Waals surface area contributed by atoms with Crippen LogP contribution in [0.2, 0.25) is 0 Å². The van der Waals surface area contributed by atoms with E-state index in [2.05, 4.69) is 22.4 Å². The van der Waals surface area contributed by atoms with E-state index in [4.69, 9.17) is 5.73 Å². The van der Waals surface area contributed by atoms with E-state index >= 15 is 0 Å². The third-order valence-electron chi connectivity index (χ3n) is 6.15. The van der Waals surface area contributed by atoms with Crippen molar-refractivity contribution in [3.63, 3.8) is 0 Å². The molecule has 0 spiro atoms. The number of nitrogens with zero attached hydrogens (tertiary/aromatic N) is 4. The van der Waals surface area contributed by atoms with Gasteiger partial charge >= 0.3 is 5.69 Å². The van der Waals surface area contributed by atoms with Crippen LogP contribution in [0.1, 0.15) is 25.8 Å². The van der Waals surface area contributed by atoms with Crippen LogP contribution in [0.3, 0.4) is 0 Å². The van der Waals surface area contributed by atoms with Gasteiger partial charge in [0.15, 0.2) is 0 Å². The van der Waals surface area contributed by atoms with Crippen molar-refractivity contribution in [1.29, 1.82) is 0 Å². The van der Waals surface area contributed by atoms with Gasteiger partial charge in [0.1, 0.15) is 5.82 Å². The van der Waals surface area contributed by atoms with Crippen molar-refractivity contribution in [2.24, 2.45) is 11.7 Å². The quantitative estimate of drug-likeness (QED) is 0.711. The highest BCUT2D eigenvalue weighted by molar-refractivity contribution is 5.85. The molecule has 0 aliphatic carbocycles. The first kappa shape index (κ1) is 21.5. The SMILES string of the molecule is CC(C)(N)C(=O)N1CCN(c2ccn(-c3ccc(CCC4CNC4)cc3)c(=O)n2)CC1. The van der Waals surface area contributed by atoms with E-state index in [1.54, 1.807) is 29.5 Å². The Morgan fingerprint density at radius 1 is 1.13 bits per heavy atom. The molecule has 1 aromatic carbocycles. The van der Waals surface area contributed by atoms with Crippen molar-refractivity contribution in [3.05, 3.63) is 52.6 Å². The van der Waals surface area contributed by atoms with Crippen LogP contribution in [-0.2, 0) is 11.2 Å². The zero-order valence-electron chi connectivity index (χ0n) is 18.4. The summed E-state index contributed by atoms with van der Waals surface area (Å²) in [6.07, 6.45) is 4.04. The average molecular weight is 425 g/mol. The number of piperazine rings is 1. The topological polar surface area (TPSA) is 96.5 Å². The maximum atomic E-state index is 12.7. The van der Waals surface area contributed by atoms with Gasteiger partial charge in [-0.2, -0.15) is 4.98 Å². The Morgan fingerprint density at radius 2 is 1.81 bits per heavy atom. The zero-order chi connectivity index (χ0) is 22.0. The number of rotatable bonds is 6. The molecule has 0 unspecified atom stereocenters. The maximum Gasteiger partial charge on any atom is 0.354 e. The fourth-order valence-corrected chi connectivity index (χ4v) is 4.06. The Hall–Kier alpha value is -2.71. The number of aryl methyl sites for hydroxylation is 1. The molecule has 2 saturated heterocycles. The fourth-order valence-electron chi connectivity index (χ4n) is 4.06. The molecule has 0 radical (unpaired) electrons. The fraction of sp³-hybridized carbons (Fsp3) is 0.522. The highest BCUT2D eigenvalue weighted by Crippen LogP contribution is 2.17. The smallest absolute Gasteiger partial charge is 0.353 e. The van der Waals surface area contributed by atoms with Crippen molar-refractivity contribution in [1.82, 2.24) is 19.8 Å². The summed E-state index contributed by atoms with van der Waals surface area (Å²) in [6, 6.07) is 10.0. The lowest BCUT2D eigenvalue weighted by Crippen LogP contribution is -2.57. The Morgan fingerprint density at radius 3 is 2.35 bits per heavy atom. The van der Waals surface area contributed by atoms with Gasteiger partial charge in [0.05, 0.1) is 11.2 Å². The first-order valence-electron chi connectivity index (χ1n) is 11.0. The molecule has 1 aromatic heterocycles. The molecule has 4 rings (SSSR count). The molecule has 2 aromatic rings. The van der Waals surface area contributed by atoms with Crippen LogP contribution in [0, 0.1) is 5.92 Å². The van der Waals surface area contributed by atoms with E-state index in [9.17, 15) is 9.59 Å². The molecule has 0 atom stereocenters. The van der Waals surface area contributed by atoms with Gasteiger partial charge in [-0.25, -0.2) is 4.79 Å². The molecule has 166 valence electrons. The van der Waals surface area contributed by atoms with Crippen molar-refractivity contribution >= 4 is 11.7 Å². The average Bonchev–Trinajstić information content (AvgIpc) is 2.72. The molecule has 3 heterocycles. The highest BCUT2D eigenvalue weighted by atomic mass is 16.2. The third-order valence-corrected chi connectivity index (χ3v) is 6.15. The number of hydrogen-bond donors (Lipinski definition) is 2. The molecule has 0 saturated carbocycles. The van der Waals surface area contributed by atoms with Crippen molar-refractivity contribution in [2.45, 2.75) is 32.2 Å². The molecular weight excluding hydrogens is 392 g/mol. The predicted octanol–water partition coefficient (Wildman–Crippen LogP) is 0.770. The maximum absolute atomic E-state index is 12.7. The van der Waals surface area contributed by atoms with E-state index in [-0.39, 0.29) is 11.6 Å². The second-order valence-electron chi connectivity index (χ2n) is 9.17. The molecule has 2 aliphatic rings. The van der Waals surface area contributed by atoms with Gasteiger partial charge in [-0.3, -0.25) is 9.36 Å². The number of nitrogens with one attached hydrogen (secondary N) is 1. The molecular formula is C23H32N6O2. The number of carbonyl (C=O) groups excluding carboxylic acids is 1. The standard InChI is InChI=1S/C23H32N6O2/c1-23(2,24)21(30)28-13-11-27(12-14-28)20-9-10-29(22(31)26-20)19-7-5-17(6-8-19)3-4-18-15-25-16-18/h5-10,18,25H,3-4,11-16,24H2,1-2H3. The summed E-state index contributed by atoms with van der Waals surface area (Å²) in [6.45, 7) is 8.10. The second kappa shape index (κ2) is 8.80. The molecule has 1 amide bonds. The molecule has 8 heteroatoms. The van der Waals surface area contributed by atoms with Gasteiger partial charge in [-0.05, 0) is 69.5 Å². The number of benzene rings is 1. The summed E-state index contributed by atoms with van der Waals surface area (Å²) in [5.74, 6) is 1.38. The predicted molar refractivity (Wildman–Crippen MR) is 122 cm³/mol. The Balaban J connectivity index is 1.38. The Kier molecular flexibility index (Phi) is 6.11. The normalized spacial score (nSPS) is 17.5. The zero-order valence-corrected chi connectivity index (χ0v) is 18.4. The summed E-state index contributed by atoms with van der Waals surface area (Å²) in [5.41, 5.74) is 6.87. The van der Waals surface area contributed by atoms with Crippen LogP contribution in [0.4, 0.5) is 5.82 Å². The second-order valence-corrected chi connectivity index (χ2v) is 9.17. The van der Waals surface area contributed by atoms with E-state index in [1.165, 1.54) is 12.0 Å². The van der Waals surface area contributed by atoms with Crippen LogP contribution in [0.15, 0.2) is 41.3 Å². The van der Waals surface area contributed by atoms with Crippen molar-refractivity contribution in [3.8, 4) is 5.69 Å². The lowest BCUT2D eigenvalue weighted by Gasteiger charge is -2.37. The van der Waals surface area contributed by atoms with E-state index < -0.39 is 5.54 Å². The number of nitrogens with two attached hydrogens (primary N) is 1. The van der Waals surface area contributed by atoms with Crippen LogP contribution in [-0.4, -0.2) is 65.2 Å². The Bertz CT molecular complexity index is 967. The molecule has 3 N–H and O–H groups in total. The number of carbonyl (C=O) groups is 1. The lowest BCUT2D eigenvalue weighted by atomic mass is 9.95. The summed E-state index contributed by atoms with van der Waals surface area (Å²) >= 11 is 0. The van der Waals surface area contributed by atoms with Gasteiger partial charge in [0.25, 0.3) is 0 Å². The van der Waals surface area contributed by atoms with Crippen molar-refractivity contribution in [2.75, 3.05) is 44.2 Å². The monoisotopic (exact) mass is 424 g/mol. The highest BCUT2D eigenvalue weighted by Gasteiger charge is 2.30. The van der Waals surface area contributed by atoms with Gasteiger partial charge in [0.2, 0.25) is 5.91 Å². The number of aromatic nitrogens is 2. The van der Waals surface area contributed by atoms with Crippen LogP contribution >= 0.6 is 0 Å². The number of hydrogen-bond acceptors (Lipinski definition) is 6. The van der Waals surface area contributed by atoms with E-state index in [0.29, 0.717) is 32.0 Å². The summed E-state index contributed by atoms with van der Waals surface area (Å²) in [5, 5.41) is 3.30. The third kappa shape index (κ3) is 4.97. The van der Waals surface area contributed by atoms with Crippen LogP contribution in [0.25, 0.3) is 5.69 Å². The van der Waals surface area contributed by atoms with Gasteiger partial charge in [0, 0.05) is 32.4 Å². The van der Waals surface area contributed by atoms with Crippen LogP contribution < -0.4 is 21.6 Å². The van der Waals surface area contributed by atoms with E-state index in [1.807, 2.05) is 23.1 Å². The first-order valence-corrected chi connectivity index (χ1v) is 11.0. The lowest BCUT2D eigenvalue weighted by molar-refractivity contribution is -0.136. The molecule has 8 nitrogen and oxygen atoms in total. The van der Waals surface area contributed by atoms with Gasteiger partial charge < -0.3 is 20.9 Å². The van der Waals surface area contributed by atoms with Gasteiger partial charge in [-0.15, -0.1) is 0 Å². The minimum atomic E-state index is -0.870. The Labute approximate surface area is 183 Å². The van der Waals surface area contributed by atoms with E-state index in [0.717, 1.165) is 31.1 Å².